The van der Waals surface area contributed by atoms with Crippen molar-refractivity contribution in [2.24, 2.45) is 5.92 Å². The summed E-state index contributed by atoms with van der Waals surface area (Å²) >= 11 is 1.64. The molecule has 0 aliphatic heterocycles. The predicted octanol–water partition coefficient (Wildman–Crippen LogP) is 2.02. The van der Waals surface area contributed by atoms with Crippen molar-refractivity contribution in [2.45, 2.75) is 31.8 Å². The van der Waals surface area contributed by atoms with E-state index in [1.165, 1.54) is 5.56 Å². The molecule has 1 fully saturated rings. The molecule has 0 aromatic carbocycles. The summed E-state index contributed by atoms with van der Waals surface area (Å²) in [6, 6.07) is 2.03. The Labute approximate surface area is 87.6 Å². The molecule has 0 bridgehead atoms. The van der Waals surface area contributed by atoms with Crippen molar-refractivity contribution in [3.05, 3.63) is 22.4 Å². The van der Waals surface area contributed by atoms with Gasteiger partial charge in [0.2, 0.25) is 0 Å². The molecule has 1 aliphatic carbocycles. The molecule has 2 rings (SSSR count). The second kappa shape index (κ2) is 4.24. The Hall–Kier alpha value is -0.670. The van der Waals surface area contributed by atoms with E-state index in [1.807, 2.05) is 11.4 Å². The molecule has 1 aromatic rings. The van der Waals surface area contributed by atoms with Gasteiger partial charge >= 0.3 is 0 Å². The maximum absolute atomic E-state index is 11.5. The molecule has 14 heavy (non-hydrogen) atoms. The van der Waals surface area contributed by atoms with Crippen molar-refractivity contribution in [2.75, 3.05) is 0 Å². The van der Waals surface area contributed by atoms with E-state index >= 15 is 0 Å². The van der Waals surface area contributed by atoms with Crippen molar-refractivity contribution in [3.63, 3.8) is 0 Å². The van der Waals surface area contributed by atoms with Crippen LogP contribution < -0.4 is 0 Å². The molecule has 2 nitrogen and oxygen atoms in total. The van der Waals surface area contributed by atoms with Gasteiger partial charge in [0.1, 0.15) is 6.10 Å². The Morgan fingerprint density at radius 2 is 2.43 bits per heavy atom. The minimum atomic E-state index is -0.686. The number of hydrogen-bond acceptors (Lipinski definition) is 3. The van der Waals surface area contributed by atoms with Crippen molar-refractivity contribution in [3.8, 4) is 0 Å². The van der Waals surface area contributed by atoms with Crippen molar-refractivity contribution < 1.29 is 9.90 Å². The zero-order chi connectivity index (χ0) is 9.97. The molecule has 0 spiro atoms. The fourth-order valence-electron chi connectivity index (χ4n) is 1.53. The number of carbonyl (C=O) groups is 1. The van der Waals surface area contributed by atoms with Gasteiger partial charge in [-0.15, -0.1) is 0 Å². The second-order valence-electron chi connectivity index (χ2n) is 3.88. The lowest BCUT2D eigenvalue weighted by molar-refractivity contribution is -0.128. The van der Waals surface area contributed by atoms with Crippen LogP contribution in [0.25, 0.3) is 0 Å². The van der Waals surface area contributed by atoms with Crippen LogP contribution in [0.3, 0.4) is 0 Å². The number of Topliss-reactive ketones (excluding diaryl/α,β-unsaturated/α-hetero) is 1. The van der Waals surface area contributed by atoms with Crippen LogP contribution in [0.2, 0.25) is 0 Å². The van der Waals surface area contributed by atoms with Crippen LogP contribution in [0, 0.1) is 5.92 Å². The maximum atomic E-state index is 11.5. The molecule has 3 heteroatoms. The van der Waals surface area contributed by atoms with Crippen LogP contribution in [-0.4, -0.2) is 17.0 Å². The zero-order valence-electron chi connectivity index (χ0n) is 7.98. The molecule has 0 saturated heterocycles. The highest BCUT2D eigenvalue weighted by Gasteiger charge is 2.33. The summed E-state index contributed by atoms with van der Waals surface area (Å²) in [4.78, 5) is 11.5. The van der Waals surface area contributed by atoms with Crippen LogP contribution >= 0.6 is 11.3 Å². The van der Waals surface area contributed by atoms with Gasteiger partial charge in [0.15, 0.2) is 5.78 Å². The fraction of sp³-hybridized carbons (Fsp3) is 0.545. The van der Waals surface area contributed by atoms with Gasteiger partial charge in [-0.2, -0.15) is 11.3 Å². The van der Waals surface area contributed by atoms with Gasteiger partial charge < -0.3 is 5.11 Å². The van der Waals surface area contributed by atoms with Gasteiger partial charge in [-0.1, -0.05) is 0 Å². The molecule has 76 valence electrons. The first-order chi connectivity index (χ1) is 6.77. The Balaban J connectivity index is 1.77. The third kappa shape index (κ3) is 2.42. The van der Waals surface area contributed by atoms with Crippen LogP contribution in [-0.2, 0) is 11.2 Å². The van der Waals surface area contributed by atoms with Gasteiger partial charge in [-0.25, -0.2) is 0 Å². The summed E-state index contributed by atoms with van der Waals surface area (Å²) in [6.45, 7) is 0. The average Bonchev–Trinajstić information content (AvgIpc) is 2.91. The minimum Gasteiger partial charge on any atom is -0.385 e. The van der Waals surface area contributed by atoms with E-state index < -0.39 is 6.10 Å². The molecule has 1 N–H and O–H groups in total. The lowest BCUT2D eigenvalue weighted by Gasteiger charge is -2.06. The van der Waals surface area contributed by atoms with E-state index in [0.29, 0.717) is 6.42 Å². The van der Waals surface area contributed by atoms with Crippen LogP contribution in [0.4, 0.5) is 0 Å². The largest absolute Gasteiger partial charge is 0.385 e. The molecule has 0 amide bonds. The molecule has 1 unspecified atom stereocenters. The predicted molar refractivity (Wildman–Crippen MR) is 56.4 cm³/mol. The normalized spacial score (nSPS) is 18.1. The molecule has 1 saturated carbocycles. The fourth-order valence-corrected chi connectivity index (χ4v) is 2.23. The van der Waals surface area contributed by atoms with E-state index in [1.54, 1.807) is 11.3 Å². The van der Waals surface area contributed by atoms with Crippen molar-refractivity contribution in [1.29, 1.82) is 0 Å². The van der Waals surface area contributed by atoms with Gasteiger partial charge in [0.25, 0.3) is 0 Å². The maximum Gasteiger partial charge on any atom is 0.161 e. The standard InChI is InChI=1S/C11H14O2S/c12-10(11(13)9-2-3-9)4-1-8-5-6-14-7-8/h5-7,9,11,13H,1-4H2. The highest BCUT2D eigenvalue weighted by Crippen LogP contribution is 2.33. The molecule has 1 heterocycles. The Bertz CT molecular complexity index is 301. The van der Waals surface area contributed by atoms with Gasteiger partial charge in [-0.3, -0.25) is 4.79 Å². The number of aliphatic hydroxyl groups excluding tert-OH is 1. The number of rotatable bonds is 5. The summed E-state index contributed by atoms with van der Waals surface area (Å²) in [5, 5.41) is 13.6. The summed E-state index contributed by atoms with van der Waals surface area (Å²) in [5.74, 6) is 0.281. The summed E-state index contributed by atoms with van der Waals surface area (Å²) in [5.41, 5.74) is 1.20. The van der Waals surface area contributed by atoms with Crippen LogP contribution in [0.1, 0.15) is 24.8 Å². The first-order valence-corrected chi connectivity index (χ1v) is 5.93. The Kier molecular flexibility index (Phi) is 2.99. The SMILES string of the molecule is O=C(CCc1ccsc1)C(O)C1CC1. The summed E-state index contributed by atoms with van der Waals surface area (Å²) in [6.07, 6.45) is 2.60. The van der Waals surface area contributed by atoms with Crippen LogP contribution in [0.5, 0.6) is 0 Å². The molecule has 1 aliphatic rings. The van der Waals surface area contributed by atoms with E-state index in [2.05, 4.69) is 5.38 Å². The number of ketones is 1. The third-order valence-corrected chi connectivity index (χ3v) is 3.37. The Morgan fingerprint density at radius 1 is 1.64 bits per heavy atom. The topological polar surface area (TPSA) is 37.3 Å². The first kappa shape index (κ1) is 9.87. The summed E-state index contributed by atoms with van der Waals surface area (Å²) in [7, 11) is 0. The van der Waals surface area contributed by atoms with Gasteiger partial charge in [0.05, 0.1) is 0 Å². The minimum absolute atomic E-state index is 0.0127. The highest BCUT2D eigenvalue weighted by atomic mass is 32.1. The number of carbonyl (C=O) groups excluding carboxylic acids is 1. The lowest BCUT2D eigenvalue weighted by Crippen LogP contribution is -2.22. The number of aryl methyl sites for hydroxylation is 1. The number of hydrogen-bond donors (Lipinski definition) is 1. The molecular formula is C11H14O2S. The van der Waals surface area contributed by atoms with E-state index in [-0.39, 0.29) is 11.7 Å². The van der Waals surface area contributed by atoms with E-state index in [4.69, 9.17) is 0 Å². The van der Waals surface area contributed by atoms with Gasteiger partial charge in [0, 0.05) is 6.42 Å². The number of thiophene rings is 1. The lowest BCUT2D eigenvalue weighted by atomic mass is 10.0. The molecule has 1 aromatic heterocycles. The Morgan fingerprint density at radius 3 is 3.00 bits per heavy atom. The van der Waals surface area contributed by atoms with Crippen molar-refractivity contribution in [1.82, 2.24) is 0 Å². The smallest absolute Gasteiger partial charge is 0.161 e. The molecule has 0 radical (unpaired) electrons. The quantitative estimate of drug-likeness (QED) is 0.807. The van der Waals surface area contributed by atoms with Crippen molar-refractivity contribution >= 4 is 17.1 Å². The first-order valence-electron chi connectivity index (χ1n) is 4.99. The average molecular weight is 210 g/mol. The van der Waals surface area contributed by atoms with Gasteiger partial charge in [-0.05, 0) is 47.6 Å². The third-order valence-electron chi connectivity index (χ3n) is 2.64. The van der Waals surface area contributed by atoms with E-state index in [0.717, 1.165) is 19.3 Å². The number of aliphatic hydroxyl groups is 1. The zero-order valence-corrected chi connectivity index (χ0v) is 8.80. The van der Waals surface area contributed by atoms with E-state index in [9.17, 15) is 9.90 Å². The highest BCUT2D eigenvalue weighted by molar-refractivity contribution is 7.07. The second-order valence-corrected chi connectivity index (χ2v) is 4.66. The summed E-state index contributed by atoms with van der Waals surface area (Å²) < 4.78 is 0. The monoisotopic (exact) mass is 210 g/mol. The van der Waals surface area contributed by atoms with Crippen LogP contribution in [0.15, 0.2) is 16.8 Å². The molecule has 1 atom stereocenters. The molecular weight excluding hydrogens is 196 g/mol.